The Morgan fingerprint density at radius 1 is 0.949 bits per heavy atom. The molecule has 2 N–H and O–H groups in total. The van der Waals surface area contributed by atoms with Gasteiger partial charge in [0.2, 0.25) is 10.0 Å². The fraction of sp³-hybridized carbons (Fsp3) is 0.179. The fourth-order valence-electron chi connectivity index (χ4n) is 4.42. The van der Waals surface area contributed by atoms with Crippen molar-refractivity contribution in [3.8, 4) is 0 Å². The standard InChI is InChI=1S/C28H27FN6O3S/c1-34(2)14-15-35(39(3,37)38)21-8-6-20(7-9-21)32-27(18-4-11-23-25(16-18)31-13-12-30-23)26-22-10-5-19(29)17-24(22)33-28(26)36/h4-13,16-17,32H,14-15H2,1-3H3,(H,33,36)/b27-26-. The third-order valence-corrected chi connectivity index (χ3v) is 7.50. The molecule has 4 aromatic rings. The molecule has 2 heterocycles. The maximum absolute atomic E-state index is 13.9. The molecule has 0 saturated carbocycles. The number of carbonyl (C=O) groups is 1. The number of nitrogens with one attached hydrogen (secondary N) is 2. The van der Waals surface area contributed by atoms with E-state index in [0.717, 1.165) is 0 Å². The average Bonchev–Trinajstić information content (AvgIpc) is 3.21. The summed E-state index contributed by atoms with van der Waals surface area (Å²) in [6.45, 7) is 0.864. The van der Waals surface area contributed by atoms with Crippen LogP contribution in [0.25, 0.3) is 22.3 Å². The summed E-state index contributed by atoms with van der Waals surface area (Å²) in [5, 5.41) is 6.09. The van der Waals surface area contributed by atoms with Crippen LogP contribution in [0.1, 0.15) is 11.1 Å². The van der Waals surface area contributed by atoms with Crippen molar-refractivity contribution in [3.63, 3.8) is 0 Å². The molecule has 0 fully saturated rings. The highest BCUT2D eigenvalue weighted by atomic mass is 32.2. The van der Waals surface area contributed by atoms with Crippen LogP contribution in [0.15, 0.2) is 73.1 Å². The van der Waals surface area contributed by atoms with Gasteiger partial charge in [-0.3, -0.25) is 19.1 Å². The molecule has 0 unspecified atom stereocenters. The van der Waals surface area contributed by atoms with Crippen molar-refractivity contribution in [2.75, 3.05) is 48.4 Å². The van der Waals surface area contributed by atoms with E-state index in [-0.39, 0.29) is 5.91 Å². The van der Waals surface area contributed by atoms with E-state index < -0.39 is 15.8 Å². The molecule has 39 heavy (non-hydrogen) atoms. The number of aromatic nitrogens is 2. The topological polar surface area (TPSA) is 108 Å². The number of rotatable bonds is 8. The number of nitrogens with zero attached hydrogens (tertiary/aromatic N) is 4. The number of hydrogen-bond acceptors (Lipinski definition) is 7. The zero-order valence-electron chi connectivity index (χ0n) is 21.6. The molecule has 200 valence electrons. The van der Waals surface area contributed by atoms with Crippen molar-refractivity contribution in [2.24, 2.45) is 0 Å². The van der Waals surface area contributed by atoms with Crippen LogP contribution in [0.4, 0.5) is 21.5 Å². The molecule has 5 rings (SSSR count). The highest BCUT2D eigenvalue weighted by Crippen LogP contribution is 2.38. The quantitative estimate of drug-likeness (QED) is 0.321. The second kappa shape index (κ2) is 10.4. The number of benzene rings is 3. The van der Waals surface area contributed by atoms with E-state index in [1.165, 1.54) is 22.7 Å². The first kappa shape index (κ1) is 26.3. The number of fused-ring (bicyclic) bond motifs is 2. The summed E-state index contributed by atoms with van der Waals surface area (Å²) < 4.78 is 40.2. The van der Waals surface area contributed by atoms with E-state index in [0.29, 0.717) is 63.6 Å². The molecule has 11 heteroatoms. The number of sulfonamides is 1. The summed E-state index contributed by atoms with van der Waals surface area (Å²) in [6.07, 6.45) is 4.38. The molecule has 0 radical (unpaired) electrons. The highest BCUT2D eigenvalue weighted by Gasteiger charge is 2.29. The van der Waals surface area contributed by atoms with E-state index in [1.807, 2.05) is 37.2 Å². The van der Waals surface area contributed by atoms with Crippen molar-refractivity contribution in [1.82, 2.24) is 14.9 Å². The average molecular weight is 547 g/mol. The summed E-state index contributed by atoms with van der Waals surface area (Å²) in [5.41, 5.74) is 4.97. The first-order valence-electron chi connectivity index (χ1n) is 12.2. The van der Waals surface area contributed by atoms with Gasteiger partial charge in [-0.15, -0.1) is 0 Å². The minimum atomic E-state index is -3.49. The Hall–Kier alpha value is -4.35. The molecule has 1 aromatic heterocycles. The lowest BCUT2D eigenvalue weighted by Gasteiger charge is -2.24. The summed E-state index contributed by atoms with van der Waals surface area (Å²) in [7, 11) is 0.273. The van der Waals surface area contributed by atoms with Gasteiger partial charge in [-0.2, -0.15) is 0 Å². The predicted octanol–water partition coefficient (Wildman–Crippen LogP) is 4.03. The first-order chi connectivity index (χ1) is 18.6. The smallest absolute Gasteiger partial charge is 0.258 e. The number of carbonyl (C=O) groups excluding carboxylic acids is 1. The number of anilines is 3. The number of amides is 1. The minimum absolute atomic E-state index is 0.305. The van der Waals surface area contributed by atoms with E-state index >= 15 is 0 Å². The Balaban J connectivity index is 1.58. The molecule has 1 aliphatic heterocycles. The predicted molar refractivity (Wildman–Crippen MR) is 152 cm³/mol. The Morgan fingerprint density at radius 3 is 2.36 bits per heavy atom. The van der Waals surface area contributed by atoms with Gasteiger partial charge >= 0.3 is 0 Å². The largest absolute Gasteiger partial charge is 0.354 e. The van der Waals surface area contributed by atoms with E-state index in [9.17, 15) is 17.6 Å². The summed E-state index contributed by atoms with van der Waals surface area (Å²) in [6, 6.07) is 16.6. The van der Waals surface area contributed by atoms with Crippen LogP contribution >= 0.6 is 0 Å². The van der Waals surface area contributed by atoms with Gasteiger partial charge in [0.05, 0.1) is 39.9 Å². The molecule has 0 bridgehead atoms. The number of halogens is 1. The second-order valence-electron chi connectivity index (χ2n) is 9.46. The Bertz CT molecular complexity index is 1700. The lowest BCUT2D eigenvalue weighted by Crippen LogP contribution is -2.35. The molecule has 0 spiro atoms. The van der Waals surface area contributed by atoms with Gasteiger partial charge in [0, 0.05) is 42.3 Å². The first-order valence-corrected chi connectivity index (χ1v) is 14.0. The second-order valence-corrected chi connectivity index (χ2v) is 11.4. The van der Waals surface area contributed by atoms with Gasteiger partial charge in [-0.1, -0.05) is 6.07 Å². The van der Waals surface area contributed by atoms with Gasteiger partial charge < -0.3 is 15.5 Å². The molecule has 0 atom stereocenters. The maximum Gasteiger partial charge on any atom is 0.258 e. The summed E-state index contributed by atoms with van der Waals surface area (Å²) in [4.78, 5) is 23.8. The van der Waals surface area contributed by atoms with Crippen LogP contribution in [0.2, 0.25) is 0 Å². The molecule has 9 nitrogen and oxygen atoms in total. The van der Waals surface area contributed by atoms with Crippen LogP contribution in [0.5, 0.6) is 0 Å². The Labute approximate surface area is 226 Å². The highest BCUT2D eigenvalue weighted by molar-refractivity contribution is 7.92. The van der Waals surface area contributed by atoms with Crippen molar-refractivity contribution < 1.29 is 17.6 Å². The van der Waals surface area contributed by atoms with Crippen LogP contribution < -0.4 is 14.9 Å². The van der Waals surface area contributed by atoms with Crippen molar-refractivity contribution >= 4 is 55.3 Å². The van der Waals surface area contributed by atoms with E-state index in [2.05, 4.69) is 20.6 Å². The van der Waals surface area contributed by atoms with Gasteiger partial charge in [0.15, 0.2) is 0 Å². The molecular formula is C28H27FN6O3S. The van der Waals surface area contributed by atoms with Gasteiger partial charge in [0.25, 0.3) is 5.91 Å². The van der Waals surface area contributed by atoms with Gasteiger partial charge in [0.1, 0.15) is 5.82 Å². The SMILES string of the molecule is CN(C)CCN(c1ccc(N/C(=C2\C(=O)Nc3cc(F)ccc32)c2ccc3nccnc3c2)cc1)S(C)(=O)=O. The molecule has 0 aliphatic carbocycles. The fourth-order valence-corrected chi connectivity index (χ4v) is 5.34. The van der Waals surface area contributed by atoms with E-state index in [1.54, 1.807) is 42.7 Å². The molecule has 1 aliphatic rings. The zero-order chi connectivity index (χ0) is 27.7. The zero-order valence-corrected chi connectivity index (χ0v) is 22.5. The maximum atomic E-state index is 13.9. The molecular weight excluding hydrogens is 519 g/mol. The van der Waals surface area contributed by atoms with Gasteiger partial charge in [-0.25, -0.2) is 12.8 Å². The van der Waals surface area contributed by atoms with Crippen molar-refractivity contribution in [3.05, 3.63) is 90.0 Å². The van der Waals surface area contributed by atoms with Crippen molar-refractivity contribution in [1.29, 1.82) is 0 Å². The third-order valence-electron chi connectivity index (χ3n) is 6.31. The van der Waals surface area contributed by atoms with Gasteiger partial charge in [-0.05, 0) is 68.7 Å². The Kier molecular flexibility index (Phi) is 7.02. The van der Waals surface area contributed by atoms with Crippen LogP contribution in [0, 0.1) is 5.82 Å². The number of likely N-dealkylation sites (N-methyl/N-ethyl adjacent to an activating group) is 1. The minimum Gasteiger partial charge on any atom is -0.354 e. The molecule has 3 aromatic carbocycles. The lowest BCUT2D eigenvalue weighted by atomic mass is 9.99. The Morgan fingerprint density at radius 2 is 1.67 bits per heavy atom. The van der Waals surface area contributed by atoms with Crippen LogP contribution in [-0.4, -0.2) is 62.6 Å². The normalized spacial score (nSPS) is 14.3. The molecule has 1 amide bonds. The monoisotopic (exact) mass is 546 g/mol. The molecule has 0 saturated heterocycles. The number of hydrogen-bond donors (Lipinski definition) is 2. The summed E-state index contributed by atoms with van der Waals surface area (Å²) >= 11 is 0. The third kappa shape index (κ3) is 5.59. The van der Waals surface area contributed by atoms with E-state index in [4.69, 9.17) is 0 Å². The van der Waals surface area contributed by atoms with Crippen molar-refractivity contribution in [2.45, 2.75) is 0 Å². The summed E-state index contributed by atoms with van der Waals surface area (Å²) in [5.74, 6) is -0.827. The van der Waals surface area contributed by atoms with Crippen LogP contribution in [0.3, 0.4) is 0 Å². The van der Waals surface area contributed by atoms with Crippen LogP contribution in [-0.2, 0) is 14.8 Å². The lowest BCUT2D eigenvalue weighted by molar-refractivity contribution is -0.110.